The van der Waals surface area contributed by atoms with Gasteiger partial charge < -0.3 is 0 Å². The molecular weight excluding hydrogens is 340 g/mol. The molecule has 0 aromatic carbocycles. The van der Waals surface area contributed by atoms with E-state index in [-0.39, 0.29) is 5.75 Å². The van der Waals surface area contributed by atoms with Gasteiger partial charge in [0.25, 0.3) is 0 Å². The van der Waals surface area contributed by atoms with Crippen molar-refractivity contribution in [2.75, 3.05) is 5.75 Å². The number of rotatable bonds is 19. The standard InChI is InChI=1S/C20H41ClO2S/c1-2-3-4-5-6-7-8-9-10-11-12-13-14-15-16-17-18-19-20-24(21,22)23/h2-20H2,1H3. The average molecular weight is 381 g/mol. The van der Waals surface area contributed by atoms with Crippen LogP contribution in [-0.2, 0) is 9.05 Å². The Morgan fingerprint density at radius 1 is 0.500 bits per heavy atom. The first-order chi connectivity index (χ1) is 11.6. The van der Waals surface area contributed by atoms with Crippen molar-refractivity contribution in [1.82, 2.24) is 0 Å². The molecule has 0 aromatic rings. The van der Waals surface area contributed by atoms with Gasteiger partial charge in [0.2, 0.25) is 9.05 Å². The number of unbranched alkanes of at least 4 members (excludes halogenated alkanes) is 17. The van der Waals surface area contributed by atoms with Crippen LogP contribution in [0.15, 0.2) is 0 Å². The molecule has 0 saturated carbocycles. The van der Waals surface area contributed by atoms with E-state index in [4.69, 9.17) is 10.7 Å². The van der Waals surface area contributed by atoms with E-state index in [9.17, 15) is 8.42 Å². The molecule has 0 aliphatic heterocycles. The largest absolute Gasteiger partial charge is 0.232 e. The van der Waals surface area contributed by atoms with Gasteiger partial charge in [-0.2, -0.15) is 0 Å². The van der Waals surface area contributed by atoms with E-state index in [1.54, 1.807) is 0 Å². The van der Waals surface area contributed by atoms with Crippen LogP contribution in [-0.4, -0.2) is 14.2 Å². The first kappa shape index (κ1) is 24.2. The monoisotopic (exact) mass is 380 g/mol. The first-order valence-corrected chi connectivity index (χ1v) is 13.0. The summed E-state index contributed by atoms with van der Waals surface area (Å²) in [6.45, 7) is 2.28. The molecule has 0 radical (unpaired) electrons. The third-order valence-electron chi connectivity index (χ3n) is 4.74. The van der Waals surface area contributed by atoms with Gasteiger partial charge in [0.1, 0.15) is 0 Å². The highest BCUT2D eigenvalue weighted by molar-refractivity contribution is 8.13. The van der Waals surface area contributed by atoms with Crippen molar-refractivity contribution in [2.45, 2.75) is 122 Å². The van der Waals surface area contributed by atoms with Crippen LogP contribution in [0.5, 0.6) is 0 Å². The summed E-state index contributed by atoms with van der Waals surface area (Å²) in [5, 5.41) is 0. The maximum Gasteiger partial charge on any atom is 0.232 e. The number of hydrogen-bond donors (Lipinski definition) is 0. The molecule has 0 rings (SSSR count). The summed E-state index contributed by atoms with van der Waals surface area (Å²) in [5.74, 6) is 0.132. The molecule has 0 unspecified atom stereocenters. The Kier molecular flexibility index (Phi) is 18.2. The van der Waals surface area contributed by atoms with Gasteiger partial charge in [-0.3, -0.25) is 0 Å². The maximum absolute atomic E-state index is 10.8. The van der Waals surface area contributed by atoms with Gasteiger partial charge in [0, 0.05) is 10.7 Å². The third kappa shape index (κ3) is 22.2. The van der Waals surface area contributed by atoms with Crippen molar-refractivity contribution >= 4 is 19.7 Å². The first-order valence-electron chi connectivity index (χ1n) is 10.5. The fourth-order valence-electron chi connectivity index (χ4n) is 3.18. The molecule has 24 heavy (non-hydrogen) atoms. The smallest absolute Gasteiger partial charge is 0.212 e. The highest BCUT2D eigenvalue weighted by Gasteiger charge is 2.03. The summed E-state index contributed by atoms with van der Waals surface area (Å²) < 4.78 is 21.5. The van der Waals surface area contributed by atoms with Crippen molar-refractivity contribution in [1.29, 1.82) is 0 Å². The van der Waals surface area contributed by atoms with Gasteiger partial charge in [-0.05, 0) is 6.42 Å². The van der Waals surface area contributed by atoms with Gasteiger partial charge in [-0.15, -0.1) is 0 Å². The molecule has 0 spiro atoms. The summed E-state index contributed by atoms with van der Waals surface area (Å²) in [7, 11) is 1.91. The van der Waals surface area contributed by atoms with Crippen molar-refractivity contribution in [3.8, 4) is 0 Å². The Morgan fingerprint density at radius 3 is 1.00 bits per heavy atom. The Bertz CT molecular complexity index is 342. The zero-order valence-electron chi connectivity index (χ0n) is 16.0. The van der Waals surface area contributed by atoms with Gasteiger partial charge in [0.05, 0.1) is 5.75 Å². The molecule has 0 aliphatic carbocycles. The van der Waals surface area contributed by atoms with E-state index in [2.05, 4.69) is 6.92 Å². The predicted molar refractivity (Wildman–Crippen MR) is 108 cm³/mol. The molecular formula is C20H41ClO2S. The second-order valence-electron chi connectivity index (χ2n) is 7.25. The van der Waals surface area contributed by atoms with Crippen molar-refractivity contribution < 1.29 is 8.42 Å². The van der Waals surface area contributed by atoms with Gasteiger partial charge in [0.15, 0.2) is 0 Å². The van der Waals surface area contributed by atoms with Crippen molar-refractivity contribution in [3.05, 3.63) is 0 Å². The van der Waals surface area contributed by atoms with Crippen LogP contribution in [0.25, 0.3) is 0 Å². The lowest BCUT2D eigenvalue weighted by Gasteiger charge is -2.03. The fraction of sp³-hybridized carbons (Fsp3) is 1.00. The minimum absolute atomic E-state index is 0.132. The van der Waals surface area contributed by atoms with Crippen LogP contribution in [0.1, 0.15) is 122 Å². The zero-order valence-corrected chi connectivity index (χ0v) is 17.6. The zero-order chi connectivity index (χ0) is 17.9. The molecule has 0 aliphatic rings. The quantitative estimate of drug-likeness (QED) is 0.171. The molecule has 0 fully saturated rings. The molecule has 0 aromatic heterocycles. The van der Waals surface area contributed by atoms with E-state index in [1.165, 1.54) is 96.3 Å². The molecule has 0 saturated heterocycles. The minimum atomic E-state index is -3.27. The summed E-state index contributed by atoms with van der Waals surface area (Å²) in [4.78, 5) is 0. The molecule has 146 valence electrons. The highest BCUT2D eigenvalue weighted by atomic mass is 35.7. The van der Waals surface area contributed by atoms with Crippen molar-refractivity contribution in [3.63, 3.8) is 0 Å². The lowest BCUT2D eigenvalue weighted by atomic mass is 10.0. The van der Waals surface area contributed by atoms with E-state index in [0.717, 1.165) is 12.8 Å². The van der Waals surface area contributed by atoms with Crippen molar-refractivity contribution in [2.24, 2.45) is 0 Å². The summed E-state index contributed by atoms with van der Waals surface area (Å²) in [6.07, 6.45) is 23.7. The molecule has 4 heteroatoms. The maximum atomic E-state index is 10.8. The normalized spacial score (nSPS) is 11.9. The van der Waals surface area contributed by atoms with E-state index in [1.807, 2.05) is 0 Å². The molecule has 2 nitrogen and oxygen atoms in total. The molecule has 0 heterocycles. The van der Waals surface area contributed by atoms with Gasteiger partial charge in [-0.25, -0.2) is 8.42 Å². The Labute approximate surface area is 156 Å². The Hall–Kier alpha value is 0.240. The van der Waals surface area contributed by atoms with Crippen LogP contribution >= 0.6 is 10.7 Å². The average Bonchev–Trinajstić information content (AvgIpc) is 2.52. The van der Waals surface area contributed by atoms with Gasteiger partial charge in [-0.1, -0.05) is 116 Å². The van der Waals surface area contributed by atoms with E-state index >= 15 is 0 Å². The second kappa shape index (κ2) is 18.0. The molecule has 0 amide bonds. The number of hydrogen-bond acceptors (Lipinski definition) is 2. The van der Waals surface area contributed by atoms with Crippen LogP contribution in [0.3, 0.4) is 0 Å². The van der Waals surface area contributed by atoms with Crippen LogP contribution in [0.4, 0.5) is 0 Å². The summed E-state index contributed by atoms with van der Waals surface area (Å²) >= 11 is 0. The SMILES string of the molecule is CCCCCCCCCCCCCCCCCCCCS(=O)(=O)Cl. The molecule has 0 atom stereocenters. The minimum Gasteiger partial charge on any atom is -0.212 e. The number of halogens is 1. The third-order valence-corrected chi connectivity index (χ3v) is 5.98. The van der Waals surface area contributed by atoms with E-state index in [0.29, 0.717) is 6.42 Å². The summed E-state index contributed by atoms with van der Waals surface area (Å²) in [5.41, 5.74) is 0. The molecule has 0 N–H and O–H groups in total. The topological polar surface area (TPSA) is 34.1 Å². The predicted octanol–water partition coefficient (Wildman–Crippen LogP) is 7.60. The fourth-order valence-corrected chi connectivity index (χ4v) is 4.05. The van der Waals surface area contributed by atoms with Crippen LogP contribution in [0.2, 0.25) is 0 Å². The molecule has 0 bridgehead atoms. The van der Waals surface area contributed by atoms with Crippen LogP contribution in [0, 0.1) is 0 Å². The Morgan fingerprint density at radius 2 is 0.750 bits per heavy atom. The van der Waals surface area contributed by atoms with Crippen LogP contribution < -0.4 is 0 Å². The second-order valence-corrected chi connectivity index (χ2v) is 10.1. The van der Waals surface area contributed by atoms with E-state index < -0.39 is 9.05 Å². The lowest BCUT2D eigenvalue weighted by molar-refractivity contribution is 0.526. The van der Waals surface area contributed by atoms with Gasteiger partial charge >= 0.3 is 0 Å². The lowest BCUT2D eigenvalue weighted by Crippen LogP contribution is -1.96. The highest BCUT2D eigenvalue weighted by Crippen LogP contribution is 2.14. The summed E-state index contributed by atoms with van der Waals surface area (Å²) in [6, 6.07) is 0. The Balaban J connectivity index is 3.03.